The lowest BCUT2D eigenvalue weighted by molar-refractivity contribution is -0.154. The molecule has 190 valence electrons. The van der Waals surface area contributed by atoms with E-state index in [4.69, 9.17) is 4.74 Å². The Morgan fingerprint density at radius 3 is 2.17 bits per heavy atom. The second-order valence-electron chi connectivity index (χ2n) is 11.8. The number of carbonyl (C=O) groups is 3. The number of hydrogen-bond donors (Lipinski definition) is 0. The summed E-state index contributed by atoms with van der Waals surface area (Å²) in [6, 6.07) is 12.8. The number of allylic oxidation sites excluding steroid dienone is 2. The molecule has 1 aliphatic heterocycles. The third-order valence-electron chi connectivity index (χ3n) is 9.02. The molecule has 1 heterocycles. The van der Waals surface area contributed by atoms with E-state index in [9.17, 15) is 14.4 Å². The van der Waals surface area contributed by atoms with E-state index in [-0.39, 0.29) is 41.1 Å². The maximum Gasteiger partial charge on any atom is 0.311 e. The zero-order valence-electron chi connectivity index (χ0n) is 22.2. The summed E-state index contributed by atoms with van der Waals surface area (Å²) in [4.78, 5) is 41.6. The molecule has 2 amide bonds. The van der Waals surface area contributed by atoms with Crippen molar-refractivity contribution in [1.82, 2.24) is 0 Å². The number of benzene rings is 1. The number of carbonyl (C=O) groups excluding carboxylic acids is 3. The molecule has 0 N–H and O–H groups in total. The summed E-state index contributed by atoms with van der Waals surface area (Å²) in [6.45, 7) is 12.9. The fraction of sp³-hybridized carbons (Fsp3) is 0.621. The van der Waals surface area contributed by atoms with Gasteiger partial charge in [-0.05, 0) is 57.7 Å². The van der Waals surface area contributed by atoms with Crippen LogP contribution in [0.4, 0.5) is 5.69 Å². The molecule has 2 aliphatic carbocycles. The normalized spacial score (nSPS) is 26.7. The molecule has 0 saturated carbocycles. The van der Waals surface area contributed by atoms with Crippen LogP contribution in [0.25, 0.3) is 0 Å². The van der Waals surface area contributed by atoms with Gasteiger partial charge in [-0.25, -0.2) is 0 Å². The highest BCUT2D eigenvalue weighted by Gasteiger charge is 2.60. The number of anilines is 1. The van der Waals surface area contributed by atoms with Crippen molar-refractivity contribution in [2.24, 2.45) is 23.2 Å². The third-order valence-corrected chi connectivity index (χ3v) is 15.3. The van der Waals surface area contributed by atoms with Crippen LogP contribution in [0.1, 0.15) is 60.8 Å². The molecule has 3 aliphatic rings. The topological polar surface area (TPSA) is 63.7 Å². The number of fused-ring (bicyclic) bond motifs is 1. The van der Waals surface area contributed by atoms with Gasteiger partial charge in [-0.15, -0.1) is 0 Å². The first-order valence-corrected chi connectivity index (χ1v) is 16.1. The molecule has 5 nitrogen and oxygen atoms in total. The van der Waals surface area contributed by atoms with Gasteiger partial charge in [0.1, 0.15) is 0 Å². The molecule has 1 aromatic carbocycles. The van der Waals surface area contributed by atoms with Gasteiger partial charge in [-0.1, -0.05) is 68.2 Å². The third kappa shape index (κ3) is 4.43. The zero-order valence-corrected chi connectivity index (χ0v) is 23.2. The Hall–Kier alpha value is -2.21. The van der Waals surface area contributed by atoms with Crippen LogP contribution in [0.3, 0.4) is 0 Å². The van der Waals surface area contributed by atoms with Gasteiger partial charge in [0.05, 0.1) is 37.6 Å². The molecule has 0 radical (unpaired) electrons. The van der Waals surface area contributed by atoms with E-state index in [1.807, 2.05) is 51.1 Å². The average molecular weight is 496 g/mol. The molecule has 1 saturated heterocycles. The Bertz CT molecular complexity index is 1010. The van der Waals surface area contributed by atoms with Crippen LogP contribution in [-0.4, -0.2) is 32.5 Å². The lowest BCUT2D eigenvalue weighted by Crippen LogP contribution is -2.47. The van der Waals surface area contributed by atoms with Crippen molar-refractivity contribution in [3.63, 3.8) is 0 Å². The highest BCUT2D eigenvalue weighted by Crippen LogP contribution is 2.59. The molecule has 4 rings (SSSR count). The van der Waals surface area contributed by atoms with Crippen LogP contribution in [0.2, 0.25) is 23.7 Å². The molecule has 1 unspecified atom stereocenters. The predicted molar refractivity (Wildman–Crippen MR) is 142 cm³/mol. The molecule has 1 fully saturated rings. The van der Waals surface area contributed by atoms with Crippen LogP contribution in [0, 0.1) is 23.2 Å². The SMILES string of the molecule is CC[Si](CC)(CC)[C@@H]1C2=C(CC(COC(=O)C(C)(C)C)C2)C[C@H]2C(=O)N(c3ccccc3)C(=O)[C@@H]12. The Morgan fingerprint density at radius 1 is 0.971 bits per heavy atom. The quantitative estimate of drug-likeness (QED) is 0.191. The number of amides is 2. The fourth-order valence-corrected chi connectivity index (χ4v) is 11.9. The van der Waals surface area contributed by atoms with Crippen molar-refractivity contribution in [3.8, 4) is 0 Å². The summed E-state index contributed by atoms with van der Waals surface area (Å²) in [6.07, 6.45) is 2.44. The highest BCUT2D eigenvalue weighted by atomic mass is 28.3. The summed E-state index contributed by atoms with van der Waals surface area (Å²) in [5, 5.41) is 0. The first-order valence-electron chi connectivity index (χ1n) is 13.4. The summed E-state index contributed by atoms with van der Waals surface area (Å²) >= 11 is 0. The number of ether oxygens (including phenoxy) is 1. The maximum absolute atomic E-state index is 14.0. The van der Waals surface area contributed by atoms with Gasteiger partial charge in [-0.3, -0.25) is 19.3 Å². The Morgan fingerprint density at radius 2 is 1.60 bits per heavy atom. The van der Waals surface area contributed by atoms with E-state index in [1.165, 1.54) is 16.0 Å². The summed E-state index contributed by atoms with van der Waals surface area (Å²) in [5.41, 5.74) is 3.19. The Balaban J connectivity index is 1.67. The molecular formula is C29H41NO4Si. The van der Waals surface area contributed by atoms with Crippen LogP contribution in [-0.2, 0) is 19.1 Å². The summed E-state index contributed by atoms with van der Waals surface area (Å²) in [5.74, 6) is -0.462. The molecule has 4 atom stereocenters. The second-order valence-corrected chi connectivity index (χ2v) is 17.3. The summed E-state index contributed by atoms with van der Waals surface area (Å²) < 4.78 is 5.71. The van der Waals surface area contributed by atoms with E-state index in [2.05, 4.69) is 20.8 Å². The molecule has 0 bridgehead atoms. The first-order chi connectivity index (χ1) is 16.6. The van der Waals surface area contributed by atoms with E-state index < -0.39 is 13.5 Å². The highest BCUT2D eigenvalue weighted by molar-refractivity contribution is 6.82. The van der Waals surface area contributed by atoms with Crippen molar-refractivity contribution < 1.29 is 19.1 Å². The van der Waals surface area contributed by atoms with Gasteiger partial charge in [0.15, 0.2) is 0 Å². The Kier molecular flexibility index (Phi) is 7.15. The number of esters is 1. The first kappa shape index (κ1) is 25.9. The van der Waals surface area contributed by atoms with Gasteiger partial charge in [-0.2, -0.15) is 0 Å². The van der Waals surface area contributed by atoms with Crippen LogP contribution in [0.5, 0.6) is 0 Å². The van der Waals surface area contributed by atoms with Gasteiger partial charge in [0, 0.05) is 5.92 Å². The largest absolute Gasteiger partial charge is 0.465 e. The molecule has 0 aromatic heterocycles. The van der Waals surface area contributed by atoms with E-state index in [1.54, 1.807) is 0 Å². The molecule has 35 heavy (non-hydrogen) atoms. The minimum atomic E-state index is -1.86. The monoisotopic (exact) mass is 495 g/mol. The zero-order chi connectivity index (χ0) is 25.5. The van der Waals surface area contributed by atoms with Gasteiger partial charge in [0.2, 0.25) is 11.8 Å². The number of para-hydroxylation sites is 1. The summed E-state index contributed by atoms with van der Waals surface area (Å²) in [7, 11) is -1.86. The van der Waals surface area contributed by atoms with Crippen molar-refractivity contribution in [3.05, 3.63) is 41.5 Å². The van der Waals surface area contributed by atoms with E-state index in [0.717, 1.165) is 31.0 Å². The van der Waals surface area contributed by atoms with Crippen LogP contribution < -0.4 is 4.90 Å². The molecular weight excluding hydrogens is 454 g/mol. The molecule has 6 heteroatoms. The maximum atomic E-state index is 14.0. The minimum Gasteiger partial charge on any atom is -0.465 e. The second kappa shape index (κ2) is 9.68. The standard InChI is InChI=1S/C29H41NO4Si/c1-7-35(8-2,9-3)25-22-16-19(18-34-28(33)29(4,5)6)15-20(22)17-23-24(25)27(32)30(26(23)31)21-13-11-10-12-14-21/h10-14,19,23-25H,7-9,15-18H2,1-6H3/t19?,23-,24-,25-/m1/s1. The van der Waals surface area contributed by atoms with Crippen molar-refractivity contribution >= 4 is 31.5 Å². The number of rotatable bonds is 7. The lowest BCUT2D eigenvalue weighted by Gasteiger charge is -2.45. The van der Waals surface area contributed by atoms with Gasteiger partial charge < -0.3 is 4.74 Å². The Labute approximate surface area is 211 Å². The van der Waals surface area contributed by atoms with Crippen LogP contribution >= 0.6 is 0 Å². The van der Waals surface area contributed by atoms with E-state index >= 15 is 0 Å². The fourth-order valence-electron chi connectivity index (χ4n) is 6.91. The van der Waals surface area contributed by atoms with Crippen molar-refractivity contribution in [1.29, 1.82) is 0 Å². The van der Waals surface area contributed by atoms with Crippen molar-refractivity contribution in [2.75, 3.05) is 11.5 Å². The average Bonchev–Trinajstić information content (AvgIpc) is 3.36. The smallest absolute Gasteiger partial charge is 0.311 e. The molecule has 0 spiro atoms. The number of nitrogens with zero attached hydrogens (tertiary/aromatic N) is 1. The molecule has 1 aromatic rings. The van der Waals surface area contributed by atoms with E-state index in [0.29, 0.717) is 18.7 Å². The number of imide groups is 1. The number of hydrogen-bond acceptors (Lipinski definition) is 4. The van der Waals surface area contributed by atoms with Crippen LogP contribution in [0.15, 0.2) is 41.5 Å². The lowest BCUT2D eigenvalue weighted by atomic mass is 9.77. The van der Waals surface area contributed by atoms with Gasteiger partial charge in [0.25, 0.3) is 0 Å². The minimum absolute atomic E-state index is 0.00224. The van der Waals surface area contributed by atoms with Gasteiger partial charge >= 0.3 is 5.97 Å². The van der Waals surface area contributed by atoms with Crippen molar-refractivity contribution in [2.45, 2.75) is 84.5 Å². The predicted octanol–water partition coefficient (Wildman–Crippen LogP) is 6.37.